The summed E-state index contributed by atoms with van der Waals surface area (Å²) in [6, 6.07) is 5.47. The highest BCUT2D eigenvalue weighted by molar-refractivity contribution is 7.98. The average molecular weight is 357 g/mol. The fraction of sp³-hybridized carbons (Fsp3) is 0.389. The zero-order valence-corrected chi connectivity index (χ0v) is 15.0. The minimum atomic E-state index is -0.411. The van der Waals surface area contributed by atoms with E-state index < -0.39 is 5.63 Å². The van der Waals surface area contributed by atoms with Gasteiger partial charge in [0.1, 0.15) is 17.2 Å². The summed E-state index contributed by atoms with van der Waals surface area (Å²) in [5.74, 6) is 1.69. The quantitative estimate of drug-likeness (QED) is 0.555. The predicted octanol–water partition coefficient (Wildman–Crippen LogP) is 3.59. The molecule has 25 heavy (non-hydrogen) atoms. The molecule has 0 spiro atoms. The van der Waals surface area contributed by atoms with Crippen molar-refractivity contribution in [3.8, 4) is 5.75 Å². The van der Waals surface area contributed by atoms with Gasteiger partial charge in [0.25, 0.3) is 0 Å². The maximum Gasteiger partial charge on any atom is 0.336 e. The summed E-state index contributed by atoms with van der Waals surface area (Å²) in [5.41, 5.74) is 1.72. The minimum absolute atomic E-state index is 0.159. The number of rotatable bonds is 5. The van der Waals surface area contributed by atoms with Crippen LogP contribution in [-0.4, -0.2) is 19.9 Å². The zero-order chi connectivity index (χ0) is 17.6. The molecule has 0 radical (unpaired) electrons. The van der Waals surface area contributed by atoms with Crippen molar-refractivity contribution in [1.29, 1.82) is 0 Å². The third kappa shape index (κ3) is 3.04. The van der Waals surface area contributed by atoms with Crippen molar-refractivity contribution in [3.05, 3.63) is 45.6 Å². The van der Waals surface area contributed by atoms with E-state index in [9.17, 15) is 9.90 Å². The zero-order valence-electron chi connectivity index (χ0n) is 14.2. The van der Waals surface area contributed by atoms with E-state index in [-0.39, 0.29) is 5.75 Å². The molecule has 1 aromatic carbocycles. The molecule has 1 fully saturated rings. The van der Waals surface area contributed by atoms with Crippen LogP contribution in [0.25, 0.3) is 11.0 Å². The Morgan fingerprint density at radius 3 is 2.80 bits per heavy atom. The molecule has 0 bridgehead atoms. The number of aromatic hydroxyl groups is 1. The van der Waals surface area contributed by atoms with Crippen molar-refractivity contribution in [1.82, 2.24) is 14.8 Å². The molecule has 1 N–H and O–H groups in total. The van der Waals surface area contributed by atoms with Crippen LogP contribution in [0, 0.1) is 6.92 Å². The van der Waals surface area contributed by atoms with Crippen LogP contribution in [0.1, 0.15) is 42.8 Å². The highest BCUT2D eigenvalue weighted by Crippen LogP contribution is 2.39. The lowest BCUT2D eigenvalue weighted by Crippen LogP contribution is -2.02. The molecule has 0 amide bonds. The predicted molar refractivity (Wildman–Crippen MR) is 96.1 cm³/mol. The molecule has 0 saturated heterocycles. The molecule has 3 aromatic rings. The molecule has 130 valence electrons. The van der Waals surface area contributed by atoms with Gasteiger partial charge >= 0.3 is 5.63 Å². The third-order valence-electron chi connectivity index (χ3n) is 4.51. The Bertz CT molecular complexity index is 1000. The summed E-state index contributed by atoms with van der Waals surface area (Å²) >= 11 is 1.58. The molecule has 0 atom stereocenters. The Balaban J connectivity index is 1.70. The van der Waals surface area contributed by atoms with E-state index in [1.165, 1.54) is 25.0 Å². The standard InChI is InChI=1S/C18H19N3O3S/c1-3-11-6-14-12(7-17(23)24-16(14)8-15(11)22)9-25-18-20-19-10(2)21(18)13-4-5-13/h6-8,13,22H,3-5,9H2,1-2H3. The van der Waals surface area contributed by atoms with Crippen molar-refractivity contribution < 1.29 is 9.52 Å². The lowest BCUT2D eigenvalue weighted by atomic mass is 10.1. The summed E-state index contributed by atoms with van der Waals surface area (Å²) in [6.45, 7) is 3.95. The molecule has 1 aliphatic rings. The SMILES string of the molecule is CCc1cc2c(CSc3nnc(C)n3C3CC3)cc(=O)oc2cc1O. The van der Waals surface area contributed by atoms with Crippen LogP contribution in [0.3, 0.4) is 0 Å². The Kier molecular flexibility index (Phi) is 4.03. The van der Waals surface area contributed by atoms with Gasteiger partial charge in [-0.2, -0.15) is 0 Å². The van der Waals surface area contributed by atoms with Crippen LogP contribution in [0.5, 0.6) is 5.75 Å². The smallest absolute Gasteiger partial charge is 0.336 e. The maximum absolute atomic E-state index is 11.9. The van der Waals surface area contributed by atoms with Crippen LogP contribution < -0.4 is 5.63 Å². The fourth-order valence-corrected chi connectivity index (χ4v) is 4.10. The van der Waals surface area contributed by atoms with Crippen molar-refractivity contribution >= 4 is 22.7 Å². The van der Waals surface area contributed by atoms with Crippen molar-refractivity contribution in [2.24, 2.45) is 0 Å². The van der Waals surface area contributed by atoms with Crippen LogP contribution in [0.2, 0.25) is 0 Å². The molecule has 2 aromatic heterocycles. The van der Waals surface area contributed by atoms with Gasteiger partial charge in [-0.15, -0.1) is 10.2 Å². The van der Waals surface area contributed by atoms with Gasteiger partial charge in [-0.25, -0.2) is 4.79 Å². The molecule has 1 saturated carbocycles. The summed E-state index contributed by atoms with van der Waals surface area (Å²) < 4.78 is 7.43. The van der Waals surface area contributed by atoms with E-state index in [4.69, 9.17) is 4.42 Å². The number of benzene rings is 1. The van der Waals surface area contributed by atoms with Gasteiger partial charge in [-0.1, -0.05) is 18.7 Å². The summed E-state index contributed by atoms with van der Waals surface area (Å²) in [4.78, 5) is 11.9. The van der Waals surface area contributed by atoms with E-state index in [2.05, 4.69) is 14.8 Å². The highest BCUT2D eigenvalue weighted by atomic mass is 32.2. The third-order valence-corrected chi connectivity index (χ3v) is 5.51. The number of nitrogens with zero attached hydrogens (tertiary/aromatic N) is 3. The van der Waals surface area contributed by atoms with Gasteiger partial charge in [0.05, 0.1) is 0 Å². The number of hydrogen-bond acceptors (Lipinski definition) is 6. The van der Waals surface area contributed by atoms with Gasteiger partial charge < -0.3 is 14.1 Å². The average Bonchev–Trinajstić information content (AvgIpc) is 3.35. The summed E-state index contributed by atoms with van der Waals surface area (Å²) in [7, 11) is 0. The first-order valence-electron chi connectivity index (χ1n) is 8.39. The number of phenolic OH excluding ortho intramolecular Hbond substituents is 1. The van der Waals surface area contributed by atoms with E-state index in [0.29, 0.717) is 23.8 Å². The number of hydrogen-bond donors (Lipinski definition) is 1. The Hall–Kier alpha value is -2.28. The van der Waals surface area contributed by atoms with Crippen LogP contribution in [0.4, 0.5) is 0 Å². The lowest BCUT2D eigenvalue weighted by Gasteiger charge is -2.09. The molecule has 0 unspecified atom stereocenters. The largest absolute Gasteiger partial charge is 0.508 e. The van der Waals surface area contributed by atoms with Gasteiger partial charge in [-0.3, -0.25) is 0 Å². The maximum atomic E-state index is 11.9. The topological polar surface area (TPSA) is 81.2 Å². The van der Waals surface area contributed by atoms with Crippen molar-refractivity contribution in [3.63, 3.8) is 0 Å². The molecule has 4 rings (SSSR count). The van der Waals surface area contributed by atoms with Crippen LogP contribution in [-0.2, 0) is 12.2 Å². The number of thioether (sulfide) groups is 1. The highest BCUT2D eigenvalue weighted by Gasteiger charge is 2.28. The molecular formula is C18H19N3O3S. The van der Waals surface area contributed by atoms with Crippen LogP contribution >= 0.6 is 11.8 Å². The number of aromatic nitrogens is 3. The molecule has 6 nitrogen and oxygen atoms in total. The second-order valence-electron chi connectivity index (χ2n) is 6.34. The van der Waals surface area contributed by atoms with Crippen molar-refractivity contribution in [2.75, 3.05) is 0 Å². The van der Waals surface area contributed by atoms with E-state index in [1.807, 2.05) is 19.9 Å². The second-order valence-corrected chi connectivity index (χ2v) is 7.28. The summed E-state index contributed by atoms with van der Waals surface area (Å²) in [6.07, 6.45) is 3.05. The minimum Gasteiger partial charge on any atom is -0.508 e. The summed E-state index contributed by atoms with van der Waals surface area (Å²) in [5, 5.41) is 20.2. The molecular weight excluding hydrogens is 338 g/mol. The first-order chi connectivity index (χ1) is 12.1. The molecule has 2 heterocycles. The Morgan fingerprint density at radius 1 is 1.28 bits per heavy atom. The number of phenols is 1. The molecule has 7 heteroatoms. The van der Waals surface area contributed by atoms with Crippen LogP contribution in [0.15, 0.2) is 32.6 Å². The lowest BCUT2D eigenvalue weighted by molar-refractivity contribution is 0.466. The monoisotopic (exact) mass is 357 g/mol. The normalized spacial score (nSPS) is 14.3. The van der Waals surface area contributed by atoms with E-state index in [1.54, 1.807) is 11.8 Å². The van der Waals surface area contributed by atoms with E-state index in [0.717, 1.165) is 27.5 Å². The molecule has 1 aliphatic carbocycles. The Labute approximate surface area is 148 Å². The van der Waals surface area contributed by atoms with E-state index >= 15 is 0 Å². The number of fused-ring (bicyclic) bond motifs is 1. The molecule has 0 aliphatic heterocycles. The first-order valence-corrected chi connectivity index (χ1v) is 9.38. The first kappa shape index (κ1) is 16.2. The van der Waals surface area contributed by atoms with Gasteiger partial charge in [0.2, 0.25) is 0 Å². The fourth-order valence-electron chi connectivity index (χ4n) is 3.05. The van der Waals surface area contributed by atoms with Gasteiger partial charge in [0, 0.05) is 29.3 Å². The number of aryl methyl sites for hydroxylation is 2. The van der Waals surface area contributed by atoms with Gasteiger partial charge in [-0.05, 0) is 43.4 Å². The Morgan fingerprint density at radius 2 is 2.08 bits per heavy atom. The van der Waals surface area contributed by atoms with Crippen molar-refractivity contribution in [2.45, 2.75) is 50.1 Å². The second kappa shape index (κ2) is 6.22. The van der Waals surface area contributed by atoms with Gasteiger partial charge in [0.15, 0.2) is 5.16 Å².